The van der Waals surface area contributed by atoms with Crippen molar-refractivity contribution < 1.29 is 5.11 Å². The average Bonchev–Trinajstić information content (AvgIpc) is 2.73. The number of benzene rings is 1. The molecule has 0 aliphatic carbocycles. The number of nitrogens with zero attached hydrogens (tertiary/aromatic N) is 2. The van der Waals surface area contributed by atoms with Gasteiger partial charge in [-0.3, -0.25) is 4.68 Å². The minimum atomic E-state index is 0.338. The van der Waals surface area contributed by atoms with Gasteiger partial charge in [-0.2, -0.15) is 5.10 Å². The van der Waals surface area contributed by atoms with Gasteiger partial charge in [-0.25, -0.2) is 0 Å². The first kappa shape index (κ1) is 13.6. The summed E-state index contributed by atoms with van der Waals surface area (Å²) in [5.41, 5.74) is 3.26. The van der Waals surface area contributed by atoms with Gasteiger partial charge in [0, 0.05) is 37.5 Å². The molecule has 2 rings (SSSR count). The van der Waals surface area contributed by atoms with Crippen molar-refractivity contribution in [3.8, 4) is 5.75 Å². The first-order chi connectivity index (χ1) is 9.08. The van der Waals surface area contributed by atoms with E-state index in [1.807, 2.05) is 36.1 Å². The molecule has 1 heterocycles. The highest BCUT2D eigenvalue weighted by molar-refractivity contribution is 5.31. The molecule has 0 unspecified atom stereocenters. The van der Waals surface area contributed by atoms with E-state index < -0.39 is 0 Å². The summed E-state index contributed by atoms with van der Waals surface area (Å²) in [6.07, 6.45) is 2.05. The zero-order chi connectivity index (χ0) is 13.8. The number of hydrogen-bond acceptors (Lipinski definition) is 3. The van der Waals surface area contributed by atoms with Crippen LogP contribution in [0.3, 0.4) is 0 Å². The SMILES string of the molecule is CC(C)c1nn(C)cc1CNCc1ccccc1O. The van der Waals surface area contributed by atoms with E-state index in [1.54, 1.807) is 6.07 Å². The Kier molecular flexibility index (Phi) is 4.22. The van der Waals surface area contributed by atoms with E-state index in [2.05, 4.69) is 24.3 Å². The fraction of sp³-hybridized carbons (Fsp3) is 0.400. The Labute approximate surface area is 114 Å². The molecule has 19 heavy (non-hydrogen) atoms. The van der Waals surface area contributed by atoms with E-state index in [0.717, 1.165) is 17.8 Å². The third kappa shape index (κ3) is 3.35. The molecule has 0 saturated heterocycles. The van der Waals surface area contributed by atoms with Crippen LogP contribution in [-0.2, 0) is 20.1 Å². The van der Waals surface area contributed by atoms with E-state index in [1.165, 1.54) is 5.56 Å². The Morgan fingerprint density at radius 2 is 1.89 bits per heavy atom. The highest BCUT2D eigenvalue weighted by Gasteiger charge is 2.10. The highest BCUT2D eigenvalue weighted by atomic mass is 16.3. The second-order valence-electron chi connectivity index (χ2n) is 5.10. The molecular weight excluding hydrogens is 238 g/mol. The number of aromatic hydroxyl groups is 1. The van der Waals surface area contributed by atoms with Crippen LogP contribution in [0.5, 0.6) is 5.75 Å². The standard InChI is InChI=1S/C15H21N3O/c1-11(2)15-13(10-18(3)17-15)9-16-8-12-6-4-5-7-14(12)19/h4-7,10-11,16,19H,8-9H2,1-3H3. The van der Waals surface area contributed by atoms with Crippen LogP contribution < -0.4 is 5.32 Å². The van der Waals surface area contributed by atoms with Gasteiger partial charge in [0.25, 0.3) is 0 Å². The Morgan fingerprint density at radius 3 is 2.58 bits per heavy atom. The van der Waals surface area contributed by atoms with E-state index >= 15 is 0 Å². The topological polar surface area (TPSA) is 50.1 Å². The maximum Gasteiger partial charge on any atom is 0.120 e. The summed E-state index contributed by atoms with van der Waals surface area (Å²) in [4.78, 5) is 0. The maximum atomic E-state index is 9.70. The van der Waals surface area contributed by atoms with Crippen molar-refractivity contribution in [2.45, 2.75) is 32.9 Å². The van der Waals surface area contributed by atoms with Crippen LogP contribution in [0.1, 0.15) is 36.6 Å². The molecule has 0 radical (unpaired) electrons. The Morgan fingerprint density at radius 1 is 1.21 bits per heavy atom. The second kappa shape index (κ2) is 5.89. The largest absolute Gasteiger partial charge is 0.508 e. The Balaban J connectivity index is 1.98. The van der Waals surface area contributed by atoms with Gasteiger partial charge in [-0.05, 0) is 12.0 Å². The minimum Gasteiger partial charge on any atom is -0.508 e. The number of nitrogens with one attached hydrogen (secondary N) is 1. The van der Waals surface area contributed by atoms with Crippen molar-refractivity contribution >= 4 is 0 Å². The normalized spacial score (nSPS) is 11.2. The molecule has 1 aromatic carbocycles. The van der Waals surface area contributed by atoms with Crippen LogP contribution >= 0.6 is 0 Å². The van der Waals surface area contributed by atoms with Crippen LogP contribution in [0, 0.1) is 0 Å². The van der Waals surface area contributed by atoms with Gasteiger partial charge in [-0.1, -0.05) is 32.0 Å². The molecule has 0 atom stereocenters. The number of rotatable bonds is 5. The fourth-order valence-corrected chi connectivity index (χ4v) is 2.17. The van der Waals surface area contributed by atoms with Gasteiger partial charge in [0.1, 0.15) is 5.75 Å². The number of hydrogen-bond donors (Lipinski definition) is 2. The van der Waals surface area contributed by atoms with Crippen LogP contribution in [0.25, 0.3) is 0 Å². The zero-order valence-electron chi connectivity index (χ0n) is 11.7. The quantitative estimate of drug-likeness (QED) is 0.867. The van der Waals surface area contributed by atoms with Gasteiger partial charge in [-0.15, -0.1) is 0 Å². The molecule has 0 saturated carbocycles. The number of phenols is 1. The Hall–Kier alpha value is -1.81. The molecule has 4 heteroatoms. The van der Waals surface area contributed by atoms with Crippen molar-refractivity contribution in [3.63, 3.8) is 0 Å². The predicted molar refractivity (Wildman–Crippen MR) is 75.9 cm³/mol. The molecule has 0 bridgehead atoms. The highest BCUT2D eigenvalue weighted by Crippen LogP contribution is 2.18. The molecular formula is C15H21N3O. The van der Waals surface area contributed by atoms with Crippen LogP contribution in [-0.4, -0.2) is 14.9 Å². The summed E-state index contributed by atoms with van der Waals surface area (Å²) < 4.78 is 1.85. The molecule has 0 amide bonds. The molecule has 1 aromatic heterocycles. The van der Waals surface area contributed by atoms with Crippen molar-refractivity contribution in [1.29, 1.82) is 0 Å². The van der Waals surface area contributed by atoms with Crippen molar-refractivity contribution in [2.75, 3.05) is 0 Å². The zero-order valence-corrected chi connectivity index (χ0v) is 11.7. The van der Waals surface area contributed by atoms with E-state index in [0.29, 0.717) is 18.2 Å². The summed E-state index contributed by atoms with van der Waals surface area (Å²) in [5.74, 6) is 0.758. The summed E-state index contributed by atoms with van der Waals surface area (Å²) in [7, 11) is 1.94. The average molecular weight is 259 g/mol. The smallest absolute Gasteiger partial charge is 0.120 e. The Bertz CT molecular complexity index is 546. The molecule has 0 aliphatic rings. The van der Waals surface area contributed by atoms with Crippen molar-refractivity contribution in [1.82, 2.24) is 15.1 Å². The minimum absolute atomic E-state index is 0.338. The van der Waals surface area contributed by atoms with Gasteiger partial charge < -0.3 is 10.4 Å². The van der Waals surface area contributed by atoms with Gasteiger partial charge in [0.05, 0.1) is 5.69 Å². The first-order valence-corrected chi connectivity index (χ1v) is 6.58. The van der Waals surface area contributed by atoms with Gasteiger partial charge in [0.2, 0.25) is 0 Å². The lowest BCUT2D eigenvalue weighted by Gasteiger charge is -2.08. The number of aromatic nitrogens is 2. The van der Waals surface area contributed by atoms with Crippen LogP contribution in [0.15, 0.2) is 30.5 Å². The summed E-state index contributed by atoms with van der Waals surface area (Å²) >= 11 is 0. The predicted octanol–water partition coefficient (Wildman–Crippen LogP) is 2.54. The number of aryl methyl sites for hydroxylation is 1. The van der Waals surface area contributed by atoms with E-state index in [-0.39, 0.29) is 0 Å². The lowest BCUT2D eigenvalue weighted by Crippen LogP contribution is -2.13. The summed E-state index contributed by atoms with van der Waals surface area (Å²) in [6.45, 7) is 5.71. The molecule has 2 N–H and O–H groups in total. The second-order valence-corrected chi connectivity index (χ2v) is 5.10. The third-order valence-corrected chi connectivity index (χ3v) is 3.11. The van der Waals surface area contributed by atoms with E-state index in [4.69, 9.17) is 0 Å². The van der Waals surface area contributed by atoms with Gasteiger partial charge >= 0.3 is 0 Å². The lowest BCUT2D eigenvalue weighted by molar-refractivity contribution is 0.464. The molecule has 0 fully saturated rings. The fourth-order valence-electron chi connectivity index (χ4n) is 2.17. The lowest BCUT2D eigenvalue weighted by atomic mass is 10.1. The molecule has 0 aliphatic heterocycles. The monoisotopic (exact) mass is 259 g/mol. The first-order valence-electron chi connectivity index (χ1n) is 6.58. The third-order valence-electron chi connectivity index (χ3n) is 3.11. The van der Waals surface area contributed by atoms with Crippen molar-refractivity contribution in [3.05, 3.63) is 47.3 Å². The summed E-state index contributed by atoms with van der Waals surface area (Å²) in [5, 5.41) is 17.5. The van der Waals surface area contributed by atoms with Crippen molar-refractivity contribution in [2.24, 2.45) is 7.05 Å². The van der Waals surface area contributed by atoms with Crippen LogP contribution in [0.2, 0.25) is 0 Å². The molecule has 2 aromatic rings. The maximum absolute atomic E-state index is 9.70. The van der Waals surface area contributed by atoms with Gasteiger partial charge in [0.15, 0.2) is 0 Å². The number of para-hydroxylation sites is 1. The summed E-state index contributed by atoms with van der Waals surface area (Å²) in [6, 6.07) is 7.40. The molecule has 0 spiro atoms. The molecule has 4 nitrogen and oxygen atoms in total. The van der Waals surface area contributed by atoms with Crippen LogP contribution in [0.4, 0.5) is 0 Å². The van der Waals surface area contributed by atoms with E-state index in [9.17, 15) is 5.11 Å². The number of phenolic OH excluding ortho intramolecular Hbond substituents is 1. The molecule has 102 valence electrons.